The summed E-state index contributed by atoms with van der Waals surface area (Å²) in [5.74, 6) is 0.609. The number of hydrogen-bond donors (Lipinski definition) is 1. The van der Waals surface area contributed by atoms with Gasteiger partial charge < -0.3 is 24.8 Å². The smallest absolute Gasteiger partial charge is 1.00 e. The van der Waals surface area contributed by atoms with Gasteiger partial charge >= 0.3 is 146 Å². The second-order valence-corrected chi connectivity index (χ2v) is 13.2. The molecule has 0 bridgehead atoms. The van der Waals surface area contributed by atoms with Gasteiger partial charge in [0.05, 0.1) is 0 Å². The van der Waals surface area contributed by atoms with E-state index < -0.39 is 21.6 Å². The molecule has 2 rings (SSSR count). The SMILES string of the molecule is CC1=C(C)C(C)[C]([Zr+2]([NH]c2ccc(Br)cc2)=[C](C)C)=C1C.[Cl-].[Cl-]. The van der Waals surface area contributed by atoms with Gasteiger partial charge in [-0.05, 0) is 0 Å². The summed E-state index contributed by atoms with van der Waals surface area (Å²) in [6, 6.07) is 8.58. The second kappa shape index (κ2) is 9.71. The van der Waals surface area contributed by atoms with E-state index in [1.807, 2.05) is 0 Å². The Hall–Kier alpha value is 0.313. The van der Waals surface area contributed by atoms with Gasteiger partial charge in [-0.2, -0.15) is 0 Å². The van der Waals surface area contributed by atoms with Crippen LogP contribution in [0.15, 0.2) is 48.7 Å². The van der Waals surface area contributed by atoms with Gasteiger partial charge in [-0.1, -0.05) is 0 Å². The minimum absolute atomic E-state index is 0. The van der Waals surface area contributed by atoms with Crippen LogP contribution in [0, 0.1) is 5.92 Å². The Morgan fingerprint density at radius 1 is 1.00 bits per heavy atom. The minimum Gasteiger partial charge on any atom is -1.00 e. The van der Waals surface area contributed by atoms with Crippen molar-refractivity contribution in [3.8, 4) is 0 Å². The van der Waals surface area contributed by atoms with E-state index in [9.17, 15) is 0 Å². The van der Waals surface area contributed by atoms with Crippen molar-refractivity contribution in [3.05, 3.63) is 48.7 Å². The maximum absolute atomic E-state index is 3.90. The van der Waals surface area contributed by atoms with Gasteiger partial charge in [-0.25, -0.2) is 0 Å². The standard InChI is InChI=1S/C9H13.C6H5BrN.C3H6.2ClH.Zr/c1-6-5-7(2)9(4)8(6)3;7-5-1-3-6(8)4-2-5;1-3-2;;;/h6H,1-4H3;1-4,8H;1-2H3;2*1H;/q;-1;;;;+3/p-2. The molecule has 0 radical (unpaired) electrons. The first-order valence-electron chi connectivity index (χ1n) is 7.42. The molecule has 0 amide bonds. The normalized spacial score (nSPS) is 16.3. The average molecular weight is 496 g/mol. The van der Waals surface area contributed by atoms with Crippen molar-refractivity contribution in [2.75, 3.05) is 3.26 Å². The molecule has 1 aliphatic rings. The summed E-state index contributed by atoms with van der Waals surface area (Å²) in [6.07, 6.45) is 0. The molecule has 5 heteroatoms. The van der Waals surface area contributed by atoms with Crippen molar-refractivity contribution in [2.24, 2.45) is 5.92 Å². The van der Waals surface area contributed by atoms with Gasteiger partial charge in [0.15, 0.2) is 0 Å². The number of halogens is 3. The summed E-state index contributed by atoms with van der Waals surface area (Å²) in [4.78, 5) is 0. The first-order chi connectivity index (χ1) is 9.82. The number of allylic oxidation sites excluding steroid dienone is 4. The van der Waals surface area contributed by atoms with Crippen LogP contribution in [0.4, 0.5) is 5.69 Å². The first kappa shape index (κ1) is 23.3. The van der Waals surface area contributed by atoms with Gasteiger partial charge in [0.2, 0.25) is 0 Å². The molecule has 1 aliphatic carbocycles. The molecule has 1 unspecified atom stereocenters. The Morgan fingerprint density at radius 3 is 1.91 bits per heavy atom. The van der Waals surface area contributed by atoms with E-state index in [1.54, 1.807) is 17.6 Å². The van der Waals surface area contributed by atoms with Crippen LogP contribution in [0.25, 0.3) is 0 Å². The van der Waals surface area contributed by atoms with Crippen molar-refractivity contribution < 1.29 is 46.4 Å². The number of rotatable bonds is 3. The molecule has 0 heterocycles. The fourth-order valence-electron chi connectivity index (χ4n) is 2.91. The van der Waals surface area contributed by atoms with Gasteiger partial charge in [-0.15, -0.1) is 0 Å². The van der Waals surface area contributed by atoms with Crippen LogP contribution < -0.4 is 28.1 Å². The van der Waals surface area contributed by atoms with Crippen LogP contribution in [-0.2, 0) is 21.6 Å². The zero-order valence-corrected chi connectivity index (χ0v) is 20.1. The van der Waals surface area contributed by atoms with Crippen LogP contribution in [-0.4, -0.2) is 3.21 Å². The Balaban J connectivity index is 0.00000242. The van der Waals surface area contributed by atoms with Gasteiger partial charge in [-0.3, -0.25) is 0 Å². The van der Waals surface area contributed by atoms with E-state index in [4.69, 9.17) is 0 Å². The molecule has 0 saturated carbocycles. The van der Waals surface area contributed by atoms with Gasteiger partial charge in [0, 0.05) is 0 Å². The van der Waals surface area contributed by atoms with E-state index in [2.05, 4.69) is 85.0 Å². The van der Waals surface area contributed by atoms with Crippen molar-refractivity contribution in [3.63, 3.8) is 0 Å². The summed E-state index contributed by atoms with van der Waals surface area (Å²) in [5.41, 5.74) is 5.86. The van der Waals surface area contributed by atoms with E-state index in [1.165, 1.54) is 11.3 Å². The largest absolute Gasteiger partial charge is 1.00 e. The molecule has 1 nitrogen and oxygen atoms in total. The Bertz CT molecular complexity index is 656. The number of anilines is 1. The fraction of sp³-hybridized carbons (Fsp3) is 0.389. The Kier molecular flexibility index (Phi) is 9.84. The van der Waals surface area contributed by atoms with E-state index >= 15 is 0 Å². The molecule has 0 saturated heterocycles. The van der Waals surface area contributed by atoms with Crippen LogP contribution in [0.5, 0.6) is 0 Å². The molecule has 1 atom stereocenters. The summed E-state index contributed by atoms with van der Waals surface area (Å²) in [6.45, 7) is 13.9. The maximum atomic E-state index is 3.90. The summed E-state index contributed by atoms with van der Waals surface area (Å²) >= 11 is 1.54. The molecule has 126 valence electrons. The zero-order chi connectivity index (χ0) is 15.7. The second-order valence-electron chi connectivity index (χ2n) is 6.08. The molecule has 23 heavy (non-hydrogen) atoms. The van der Waals surface area contributed by atoms with Crippen molar-refractivity contribution in [1.29, 1.82) is 0 Å². The topological polar surface area (TPSA) is 12.0 Å². The molecule has 1 N–H and O–H groups in total. The number of benzene rings is 1. The monoisotopic (exact) mass is 493 g/mol. The van der Waals surface area contributed by atoms with Crippen molar-refractivity contribution in [2.45, 2.75) is 41.5 Å². The average Bonchev–Trinajstić information content (AvgIpc) is 2.63. The van der Waals surface area contributed by atoms with Crippen LogP contribution in [0.3, 0.4) is 0 Å². The summed E-state index contributed by atoms with van der Waals surface area (Å²) < 4.78 is 8.36. The van der Waals surface area contributed by atoms with Crippen molar-refractivity contribution in [1.82, 2.24) is 0 Å². The molecular formula is C18H24BrCl2NZr. The van der Waals surface area contributed by atoms with Crippen molar-refractivity contribution >= 4 is 24.8 Å². The first-order valence-corrected chi connectivity index (χ1v) is 11.9. The molecule has 0 fully saturated rings. The molecule has 1 aromatic carbocycles. The van der Waals surface area contributed by atoms with Gasteiger partial charge in [0.1, 0.15) is 0 Å². The van der Waals surface area contributed by atoms with Crippen LogP contribution in [0.2, 0.25) is 0 Å². The van der Waals surface area contributed by atoms with Crippen LogP contribution >= 0.6 is 15.9 Å². The molecule has 1 aromatic rings. The molecule has 0 spiro atoms. The predicted molar refractivity (Wildman–Crippen MR) is 94.4 cm³/mol. The third-order valence-corrected chi connectivity index (χ3v) is 12.1. The molecule has 0 aliphatic heterocycles. The Morgan fingerprint density at radius 2 is 1.52 bits per heavy atom. The fourth-order valence-corrected chi connectivity index (χ4v) is 9.54. The minimum atomic E-state index is -1.97. The van der Waals surface area contributed by atoms with E-state index in [0.29, 0.717) is 5.92 Å². The third-order valence-electron chi connectivity index (χ3n) is 4.52. The van der Waals surface area contributed by atoms with Gasteiger partial charge in [0.25, 0.3) is 0 Å². The molecular weight excluding hydrogens is 472 g/mol. The van der Waals surface area contributed by atoms with Crippen LogP contribution in [0.1, 0.15) is 41.5 Å². The Labute approximate surface area is 169 Å². The zero-order valence-electron chi connectivity index (χ0n) is 14.5. The summed E-state index contributed by atoms with van der Waals surface area (Å²) in [7, 11) is 0. The molecule has 0 aromatic heterocycles. The van der Waals surface area contributed by atoms with E-state index in [-0.39, 0.29) is 24.8 Å². The number of nitrogens with one attached hydrogen (secondary N) is 1. The quantitative estimate of drug-likeness (QED) is 0.616. The maximum Gasteiger partial charge on any atom is -1.00 e. The predicted octanol–water partition coefficient (Wildman–Crippen LogP) is -0.125. The third kappa shape index (κ3) is 5.14. The number of hydrogen-bond acceptors (Lipinski definition) is 1. The summed E-state index contributed by atoms with van der Waals surface area (Å²) in [5, 5.41) is 0. The van der Waals surface area contributed by atoms with E-state index in [0.717, 1.165) is 4.47 Å².